The van der Waals surface area contributed by atoms with E-state index in [1.807, 2.05) is 0 Å². The number of aryl methyl sites for hydroxylation is 2. The van der Waals surface area contributed by atoms with Gasteiger partial charge in [0.15, 0.2) is 0 Å². The maximum absolute atomic E-state index is 14.2. The quantitative estimate of drug-likeness (QED) is 0.479. The van der Waals surface area contributed by atoms with Gasteiger partial charge in [-0.3, -0.25) is 10.1 Å². The van der Waals surface area contributed by atoms with Crippen LogP contribution >= 0.6 is 0 Å². The third kappa shape index (κ3) is 5.75. The summed E-state index contributed by atoms with van der Waals surface area (Å²) in [6.07, 6.45) is 0. The number of amides is 1. The van der Waals surface area contributed by atoms with Gasteiger partial charge in [0.1, 0.15) is 17.3 Å². The van der Waals surface area contributed by atoms with Crippen molar-refractivity contribution in [2.24, 2.45) is 4.99 Å². The molecule has 3 rings (SSSR count). The smallest absolute Gasteiger partial charge is 0.258 e. The van der Waals surface area contributed by atoms with Crippen molar-refractivity contribution in [3.8, 4) is 11.5 Å². The van der Waals surface area contributed by atoms with Gasteiger partial charge in [-0.05, 0) is 44.2 Å². The Morgan fingerprint density at radius 1 is 0.968 bits per heavy atom. The molecule has 2 aromatic carbocycles. The molecule has 0 fully saturated rings. The molecule has 0 aliphatic rings. The standard InChI is InChI=1S/C22H22FN5O3/c1-13-9-14(2)25-21(24-13)28-22(26-19-8-6-5-7-18(19)23)27-20(29)15-10-16(30-3)12-17(11-15)31-4/h5-12H,1-4H3,(H2,24,25,26,27,28,29). The van der Waals surface area contributed by atoms with Gasteiger partial charge in [0.25, 0.3) is 11.9 Å². The van der Waals surface area contributed by atoms with E-state index in [4.69, 9.17) is 9.47 Å². The second-order valence-corrected chi connectivity index (χ2v) is 6.57. The monoisotopic (exact) mass is 423 g/mol. The van der Waals surface area contributed by atoms with Gasteiger partial charge < -0.3 is 14.8 Å². The number of halogens is 1. The largest absolute Gasteiger partial charge is 0.497 e. The number of hydrogen-bond acceptors (Lipinski definition) is 6. The molecule has 0 aliphatic carbocycles. The molecule has 9 heteroatoms. The molecule has 0 unspecified atom stereocenters. The zero-order chi connectivity index (χ0) is 22.4. The minimum Gasteiger partial charge on any atom is -0.497 e. The summed E-state index contributed by atoms with van der Waals surface area (Å²) in [5.41, 5.74) is 1.82. The molecule has 3 aromatic rings. The van der Waals surface area contributed by atoms with E-state index in [0.717, 1.165) is 0 Å². The van der Waals surface area contributed by atoms with Gasteiger partial charge in [0.2, 0.25) is 5.96 Å². The zero-order valence-electron chi connectivity index (χ0n) is 17.6. The number of guanidine groups is 1. The summed E-state index contributed by atoms with van der Waals surface area (Å²) >= 11 is 0. The van der Waals surface area contributed by atoms with Crippen molar-refractivity contribution >= 4 is 23.5 Å². The van der Waals surface area contributed by atoms with Crippen molar-refractivity contribution < 1.29 is 18.7 Å². The van der Waals surface area contributed by atoms with Crippen LogP contribution in [0.3, 0.4) is 0 Å². The van der Waals surface area contributed by atoms with Crippen LogP contribution in [0, 0.1) is 19.7 Å². The molecule has 8 nitrogen and oxygen atoms in total. The van der Waals surface area contributed by atoms with Gasteiger partial charge in [0.05, 0.1) is 19.9 Å². The van der Waals surface area contributed by atoms with Crippen molar-refractivity contribution in [2.45, 2.75) is 13.8 Å². The average molecular weight is 423 g/mol. The number of carbonyl (C=O) groups is 1. The second kappa shape index (κ2) is 9.66. The van der Waals surface area contributed by atoms with E-state index in [0.29, 0.717) is 22.9 Å². The van der Waals surface area contributed by atoms with Gasteiger partial charge in [-0.25, -0.2) is 14.4 Å². The zero-order valence-corrected chi connectivity index (χ0v) is 17.6. The van der Waals surface area contributed by atoms with Crippen molar-refractivity contribution in [3.63, 3.8) is 0 Å². The number of aliphatic imine (C=N–C) groups is 1. The van der Waals surface area contributed by atoms with Gasteiger partial charge in [-0.15, -0.1) is 0 Å². The number of carbonyl (C=O) groups excluding carboxylic acids is 1. The number of hydrogen-bond donors (Lipinski definition) is 2. The van der Waals surface area contributed by atoms with Gasteiger partial charge in [-0.1, -0.05) is 12.1 Å². The fourth-order valence-electron chi connectivity index (χ4n) is 2.75. The van der Waals surface area contributed by atoms with Crippen LogP contribution in [0.4, 0.5) is 16.0 Å². The number of benzene rings is 2. The summed E-state index contributed by atoms with van der Waals surface area (Å²) < 4.78 is 24.6. The number of rotatable bonds is 5. The summed E-state index contributed by atoms with van der Waals surface area (Å²) in [7, 11) is 2.97. The number of aromatic nitrogens is 2. The predicted molar refractivity (Wildman–Crippen MR) is 116 cm³/mol. The Balaban J connectivity index is 1.97. The Morgan fingerprint density at radius 2 is 1.58 bits per heavy atom. The van der Waals surface area contributed by atoms with E-state index in [9.17, 15) is 9.18 Å². The minimum atomic E-state index is -0.510. The number of nitrogens with one attached hydrogen (secondary N) is 2. The Labute approximate surface area is 179 Å². The van der Waals surface area contributed by atoms with Gasteiger partial charge in [-0.2, -0.15) is 4.99 Å². The summed E-state index contributed by atoms with van der Waals surface area (Å²) in [6, 6.07) is 12.6. The van der Waals surface area contributed by atoms with E-state index in [1.165, 1.54) is 26.4 Å². The normalized spacial score (nSPS) is 11.1. The fraction of sp³-hybridized carbons (Fsp3) is 0.182. The predicted octanol–water partition coefficient (Wildman–Crippen LogP) is 3.78. The van der Waals surface area contributed by atoms with Crippen molar-refractivity contribution in [1.29, 1.82) is 0 Å². The third-order valence-electron chi connectivity index (χ3n) is 4.15. The first kappa shape index (κ1) is 21.7. The van der Waals surface area contributed by atoms with Crippen molar-refractivity contribution in [1.82, 2.24) is 15.3 Å². The number of anilines is 1. The van der Waals surface area contributed by atoms with Gasteiger partial charge >= 0.3 is 0 Å². The molecule has 0 bridgehead atoms. The molecule has 0 radical (unpaired) electrons. The van der Waals surface area contributed by atoms with E-state index < -0.39 is 11.7 Å². The number of para-hydroxylation sites is 1. The van der Waals surface area contributed by atoms with E-state index >= 15 is 0 Å². The van der Waals surface area contributed by atoms with Crippen LogP contribution in [0.5, 0.6) is 11.5 Å². The molecule has 0 saturated heterocycles. The fourth-order valence-corrected chi connectivity index (χ4v) is 2.75. The number of nitrogens with zero attached hydrogens (tertiary/aromatic N) is 3. The lowest BCUT2D eigenvalue weighted by Crippen LogP contribution is -2.36. The SMILES string of the molecule is COc1cc(OC)cc(C(=O)NC(=Nc2nc(C)cc(C)n2)Nc2ccccc2F)c1. The molecule has 0 aliphatic heterocycles. The summed E-state index contributed by atoms with van der Waals surface area (Å²) in [5, 5.41) is 5.43. The third-order valence-corrected chi connectivity index (χ3v) is 4.15. The first-order chi connectivity index (χ1) is 14.9. The molecule has 2 N–H and O–H groups in total. The molecule has 0 atom stereocenters. The number of methoxy groups -OCH3 is 2. The number of ether oxygens (including phenoxy) is 2. The molecule has 1 aromatic heterocycles. The molecule has 0 saturated carbocycles. The lowest BCUT2D eigenvalue weighted by atomic mass is 10.2. The molecular formula is C22H22FN5O3. The molecular weight excluding hydrogens is 401 g/mol. The van der Waals surface area contributed by atoms with Crippen LogP contribution in [0.15, 0.2) is 53.5 Å². The Kier molecular flexibility index (Phi) is 6.76. The van der Waals surface area contributed by atoms with Crippen LogP contribution in [0.1, 0.15) is 21.7 Å². The van der Waals surface area contributed by atoms with Gasteiger partial charge in [0, 0.05) is 23.0 Å². The Bertz CT molecular complexity index is 1090. The van der Waals surface area contributed by atoms with Crippen LogP contribution < -0.4 is 20.1 Å². The van der Waals surface area contributed by atoms with Crippen molar-refractivity contribution in [2.75, 3.05) is 19.5 Å². The minimum absolute atomic E-state index is 0.0399. The maximum atomic E-state index is 14.2. The molecule has 1 amide bonds. The topological polar surface area (TPSA) is 97.7 Å². The van der Waals surface area contributed by atoms with E-state index in [-0.39, 0.29) is 23.2 Å². The van der Waals surface area contributed by atoms with Crippen LogP contribution in [0.2, 0.25) is 0 Å². The highest BCUT2D eigenvalue weighted by Gasteiger charge is 2.14. The average Bonchev–Trinajstić information content (AvgIpc) is 2.74. The van der Waals surface area contributed by atoms with Crippen LogP contribution in [-0.4, -0.2) is 36.1 Å². The molecule has 0 spiro atoms. The summed E-state index contributed by atoms with van der Waals surface area (Å²) in [6.45, 7) is 3.61. The first-order valence-electron chi connectivity index (χ1n) is 9.35. The maximum Gasteiger partial charge on any atom is 0.258 e. The Hall–Kier alpha value is -4.01. The lowest BCUT2D eigenvalue weighted by Gasteiger charge is -2.13. The highest BCUT2D eigenvalue weighted by atomic mass is 19.1. The molecule has 1 heterocycles. The van der Waals surface area contributed by atoms with Crippen molar-refractivity contribution in [3.05, 3.63) is 71.3 Å². The van der Waals surface area contributed by atoms with Crippen LogP contribution in [0.25, 0.3) is 0 Å². The molecule has 160 valence electrons. The first-order valence-corrected chi connectivity index (χ1v) is 9.35. The highest BCUT2D eigenvalue weighted by molar-refractivity contribution is 6.10. The second-order valence-electron chi connectivity index (χ2n) is 6.57. The molecule has 31 heavy (non-hydrogen) atoms. The Morgan fingerprint density at radius 3 is 2.16 bits per heavy atom. The highest BCUT2D eigenvalue weighted by Crippen LogP contribution is 2.22. The summed E-state index contributed by atoms with van der Waals surface area (Å²) in [4.78, 5) is 25.7. The van der Waals surface area contributed by atoms with E-state index in [1.54, 1.807) is 50.2 Å². The lowest BCUT2D eigenvalue weighted by molar-refractivity contribution is 0.0976. The van der Waals surface area contributed by atoms with E-state index in [2.05, 4.69) is 25.6 Å². The van der Waals surface area contributed by atoms with Crippen LogP contribution in [-0.2, 0) is 0 Å². The summed E-state index contributed by atoms with van der Waals surface area (Å²) in [5.74, 6) is -0.0369.